The summed E-state index contributed by atoms with van der Waals surface area (Å²) in [6, 6.07) is 20.5. The first-order valence-corrected chi connectivity index (χ1v) is 9.98. The molecule has 2 aromatic carbocycles. The normalized spacial score (nSPS) is 19.0. The molecule has 1 aliphatic rings. The second-order valence-corrected chi connectivity index (χ2v) is 8.01. The molecule has 4 rings (SSSR count). The number of imidazole rings is 1. The molecule has 152 valence electrons. The van der Waals surface area contributed by atoms with E-state index in [9.17, 15) is 4.79 Å². The van der Waals surface area contributed by atoms with Crippen molar-refractivity contribution in [2.45, 2.75) is 37.6 Å². The first-order valence-electron chi connectivity index (χ1n) is 9.98. The van der Waals surface area contributed by atoms with Gasteiger partial charge >= 0.3 is 0 Å². The van der Waals surface area contributed by atoms with Gasteiger partial charge in [0, 0.05) is 6.92 Å². The van der Waals surface area contributed by atoms with Gasteiger partial charge in [0.25, 0.3) is 0 Å². The lowest BCUT2D eigenvalue weighted by Crippen LogP contribution is -3.00. The summed E-state index contributed by atoms with van der Waals surface area (Å²) in [5.41, 5.74) is 8.59. The number of hydrogen-bond donors (Lipinski definition) is 1. The van der Waals surface area contributed by atoms with Crippen molar-refractivity contribution < 1.29 is 33.3 Å². The molecule has 0 saturated heterocycles. The average molecular weight is 501 g/mol. The lowest BCUT2D eigenvalue weighted by molar-refractivity contribution is -0.677. The number of aromatic nitrogens is 2. The van der Waals surface area contributed by atoms with Crippen LogP contribution < -0.4 is 34.3 Å². The van der Waals surface area contributed by atoms with Crippen LogP contribution in [0.15, 0.2) is 73.2 Å². The van der Waals surface area contributed by atoms with E-state index in [2.05, 4.69) is 35.6 Å². The molecule has 5 heteroatoms. The second kappa shape index (κ2) is 8.69. The van der Waals surface area contributed by atoms with Gasteiger partial charge in [0.1, 0.15) is 23.3 Å². The fourth-order valence-electron chi connectivity index (χ4n) is 4.98. The number of nitrogens with zero attached hydrogens (tertiary/aromatic N) is 2. The summed E-state index contributed by atoms with van der Waals surface area (Å²) < 4.78 is 4.44. The Bertz CT molecular complexity index is 909. The first-order chi connectivity index (χ1) is 13.5. The summed E-state index contributed by atoms with van der Waals surface area (Å²) in [6.07, 6.45) is 7.30. The molecule has 29 heavy (non-hydrogen) atoms. The zero-order valence-electron chi connectivity index (χ0n) is 17.0. The Balaban J connectivity index is 0.00000240. The van der Waals surface area contributed by atoms with Crippen molar-refractivity contribution in [2.75, 3.05) is 0 Å². The van der Waals surface area contributed by atoms with Gasteiger partial charge in [0.2, 0.25) is 12.2 Å². The van der Waals surface area contributed by atoms with Gasteiger partial charge in [-0.15, -0.1) is 0 Å². The molecule has 1 aromatic heterocycles. The van der Waals surface area contributed by atoms with E-state index in [1.54, 1.807) is 0 Å². The molecule has 1 heterocycles. The van der Waals surface area contributed by atoms with Crippen molar-refractivity contribution in [3.63, 3.8) is 0 Å². The number of rotatable bonds is 5. The smallest absolute Gasteiger partial charge is 0.243 e. The third-order valence-electron chi connectivity index (χ3n) is 6.48. The maximum atomic E-state index is 13.1. The van der Waals surface area contributed by atoms with Crippen LogP contribution >= 0.6 is 0 Å². The highest BCUT2D eigenvalue weighted by Gasteiger charge is 2.50. The first kappa shape index (κ1) is 21.6. The van der Waals surface area contributed by atoms with Crippen molar-refractivity contribution in [3.05, 3.63) is 90.0 Å². The fraction of sp³-hybridized carbons (Fsp3) is 0.333. The summed E-state index contributed by atoms with van der Waals surface area (Å²) in [4.78, 5) is 13.1. The van der Waals surface area contributed by atoms with Crippen LogP contribution in [-0.4, -0.2) is 10.5 Å². The summed E-state index contributed by atoms with van der Waals surface area (Å²) in [5, 5.41) is 0. The lowest BCUT2D eigenvalue weighted by Gasteiger charge is -2.37. The Hall–Kier alpha value is -2.15. The van der Waals surface area contributed by atoms with Crippen molar-refractivity contribution in [1.29, 1.82) is 0 Å². The van der Waals surface area contributed by atoms with Gasteiger partial charge in [-0.2, -0.15) is 0 Å². The topological polar surface area (TPSA) is 51.9 Å². The molecule has 0 radical (unpaired) electrons. The molecule has 3 aromatic rings. The van der Waals surface area contributed by atoms with Crippen LogP contribution in [0.3, 0.4) is 0 Å². The number of carbonyl (C=O) groups excluding carboxylic acids is 1. The highest BCUT2D eigenvalue weighted by molar-refractivity contribution is 5.91. The zero-order valence-corrected chi connectivity index (χ0v) is 19.1. The molecule has 1 aliphatic carbocycles. The van der Waals surface area contributed by atoms with Gasteiger partial charge in [0.15, 0.2) is 0 Å². The van der Waals surface area contributed by atoms with Gasteiger partial charge in [-0.25, -0.2) is 9.13 Å². The SMILES string of the molecule is Cc1cn([C@H]2CC[C@@H](C(C(N)=O)(c3ccccc3)c3ccccc3)C2)c[n+]1C.[I-]. The van der Waals surface area contributed by atoms with Gasteiger partial charge in [-0.1, -0.05) is 60.7 Å². The number of amides is 1. The van der Waals surface area contributed by atoms with E-state index in [-0.39, 0.29) is 35.8 Å². The quantitative estimate of drug-likeness (QED) is 0.401. The number of carbonyl (C=O) groups is 1. The molecule has 1 amide bonds. The van der Waals surface area contributed by atoms with Crippen molar-refractivity contribution in [3.8, 4) is 0 Å². The highest BCUT2D eigenvalue weighted by Crippen LogP contribution is 2.49. The third kappa shape index (κ3) is 3.72. The minimum atomic E-state index is -0.804. The van der Waals surface area contributed by atoms with Crippen LogP contribution in [0.4, 0.5) is 0 Å². The Morgan fingerprint density at radius 3 is 2.03 bits per heavy atom. The third-order valence-corrected chi connectivity index (χ3v) is 6.48. The van der Waals surface area contributed by atoms with Gasteiger partial charge in [-0.05, 0) is 36.3 Å². The highest BCUT2D eigenvalue weighted by atomic mass is 127. The van der Waals surface area contributed by atoms with Crippen LogP contribution in [0.1, 0.15) is 42.1 Å². The van der Waals surface area contributed by atoms with E-state index in [1.165, 1.54) is 5.69 Å². The van der Waals surface area contributed by atoms with Crippen molar-refractivity contribution >= 4 is 5.91 Å². The average Bonchev–Trinajstić information content (AvgIpc) is 3.31. The standard InChI is InChI=1S/C24H27N3O.HI/c1-18-16-27(17-26(18)2)22-14-13-21(15-22)24(23(25)28,19-9-5-3-6-10-19)20-11-7-4-8-12-20;/h3-12,16-17,21-22H,13-15H2,1-2H3,(H-,25,28);1H/t21-,22+;/m1./s1. The van der Waals surface area contributed by atoms with E-state index >= 15 is 0 Å². The Morgan fingerprint density at radius 1 is 1.03 bits per heavy atom. The van der Waals surface area contributed by atoms with Crippen LogP contribution in [-0.2, 0) is 17.3 Å². The van der Waals surface area contributed by atoms with Gasteiger partial charge in [-0.3, -0.25) is 4.79 Å². The van der Waals surface area contributed by atoms with E-state index in [0.29, 0.717) is 6.04 Å². The molecule has 0 unspecified atom stereocenters. The molecular weight excluding hydrogens is 473 g/mol. The Kier molecular flexibility index (Phi) is 6.46. The summed E-state index contributed by atoms with van der Waals surface area (Å²) in [7, 11) is 2.07. The zero-order chi connectivity index (χ0) is 19.7. The Morgan fingerprint density at radius 2 is 1.59 bits per heavy atom. The van der Waals surface area contributed by atoms with Crippen LogP contribution in [0, 0.1) is 12.8 Å². The van der Waals surface area contributed by atoms with Crippen LogP contribution in [0.2, 0.25) is 0 Å². The minimum absolute atomic E-state index is 0. The summed E-state index contributed by atoms with van der Waals surface area (Å²) in [6.45, 7) is 2.12. The fourth-order valence-corrected chi connectivity index (χ4v) is 4.98. The molecule has 2 atom stereocenters. The molecule has 0 bridgehead atoms. The number of nitrogens with two attached hydrogens (primary N) is 1. The van der Waals surface area contributed by atoms with Gasteiger partial charge < -0.3 is 29.7 Å². The predicted molar refractivity (Wildman–Crippen MR) is 110 cm³/mol. The summed E-state index contributed by atoms with van der Waals surface area (Å²) in [5.74, 6) is -0.0994. The summed E-state index contributed by atoms with van der Waals surface area (Å²) >= 11 is 0. The van der Waals surface area contributed by atoms with Crippen LogP contribution in [0.25, 0.3) is 0 Å². The Labute approximate surface area is 189 Å². The molecule has 0 spiro atoms. The van der Waals surface area contributed by atoms with E-state index in [1.807, 2.05) is 60.7 Å². The second-order valence-electron chi connectivity index (χ2n) is 8.01. The number of primary amides is 1. The number of aryl methyl sites for hydroxylation is 2. The predicted octanol–water partition coefficient (Wildman–Crippen LogP) is 0.438. The molecule has 4 nitrogen and oxygen atoms in total. The number of hydrogen-bond acceptors (Lipinski definition) is 1. The van der Waals surface area contributed by atoms with E-state index < -0.39 is 5.41 Å². The van der Waals surface area contributed by atoms with Crippen molar-refractivity contribution in [1.82, 2.24) is 4.57 Å². The largest absolute Gasteiger partial charge is 1.00 e. The molecular formula is C24H28IN3O. The lowest BCUT2D eigenvalue weighted by atomic mass is 9.64. The maximum absolute atomic E-state index is 13.1. The van der Waals surface area contributed by atoms with Gasteiger partial charge in [0.05, 0.1) is 7.05 Å². The van der Waals surface area contributed by atoms with E-state index in [4.69, 9.17) is 5.73 Å². The maximum Gasteiger partial charge on any atom is 0.243 e. The number of benzene rings is 2. The van der Waals surface area contributed by atoms with Crippen molar-refractivity contribution in [2.24, 2.45) is 18.7 Å². The minimum Gasteiger partial charge on any atom is -1.00 e. The monoisotopic (exact) mass is 501 g/mol. The van der Waals surface area contributed by atoms with E-state index in [0.717, 1.165) is 30.4 Å². The molecule has 2 N–H and O–H groups in total. The molecule has 0 aliphatic heterocycles. The molecule has 1 saturated carbocycles. The number of halogens is 1. The van der Waals surface area contributed by atoms with Crippen LogP contribution in [0.5, 0.6) is 0 Å². The molecule has 1 fully saturated rings.